The van der Waals surface area contributed by atoms with Crippen molar-refractivity contribution in [2.75, 3.05) is 24.3 Å². The molecule has 2 aromatic rings. The summed E-state index contributed by atoms with van der Waals surface area (Å²) in [5.74, 6) is -0.499. The number of nitrogens with one attached hydrogen (secondary N) is 1. The number of nitrogens with two attached hydrogens (primary N) is 1. The number of carbonyl (C=O) groups excluding carboxylic acids is 2. The standard InChI is InChI=1S/C22H28N2O4/c1-5-12-27-21(26)15-6-11-18(23)19(13-15)28-14-20(25)24-17-9-7-16(8-10-17)22(2,3)4/h6-11,13H,5,12,14,23H2,1-4H3,(H,24,25). The van der Waals surface area contributed by atoms with Crippen LogP contribution in [-0.2, 0) is 14.9 Å². The largest absolute Gasteiger partial charge is 0.482 e. The van der Waals surface area contributed by atoms with Crippen LogP contribution in [0.5, 0.6) is 5.75 Å². The first kappa shape index (κ1) is 21.3. The minimum atomic E-state index is -0.449. The van der Waals surface area contributed by atoms with E-state index in [0.29, 0.717) is 23.5 Å². The Hall–Kier alpha value is -3.02. The van der Waals surface area contributed by atoms with E-state index in [1.54, 1.807) is 12.1 Å². The molecular weight excluding hydrogens is 356 g/mol. The molecule has 0 aliphatic carbocycles. The first-order valence-corrected chi connectivity index (χ1v) is 9.30. The van der Waals surface area contributed by atoms with Crippen LogP contribution in [0.2, 0.25) is 0 Å². The quantitative estimate of drug-likeness (QED) is 0.553. The third kappa shape index (κ3) is 6.01. The van der Waals surface area contributed by atoms with Gasteiger partial charge in [0.05, 0.1) is 17.9 Å². The highest BCUT2D eigenvalue weighted by Gasteiger charge is 2.14. The number of ether oxygens (including phenoxy) is 2. The molecule has 0 atom stereocenters. The van der Waals surface area contributed by atoms with E-state index in [9.17, 15) is 9.59 Å². The van der Waals surface area contributed by atoms with E-state index in [1.165, 1.54) is 11.6 Å². The van der Waals surface area contributed by atoms with Crippen LogP contribution < -0.4 is 15.8 Å². The summed E-state index contributed by atoms with van der Waals surface area (Å²) in [5, 5.41) is 2.78. The maximum atomic E-state index is 12.2. The van der Waals surface area contributed by atoms with Crippen LogP contribution in [0.1, 0.15) is 50.0 Å². The van der Waals surface area contributed by atoms with Crippen LogP contribution in [-0.4, -0.2) is 25.1 Å². The minimum absolute atomic E-state index is 0.0481. The number of carbonyl (C=O) groups is 2. The molecule has 0 aliphatic rings. The summed E-state index contributed by atoms with van der Waals surface area (Å²) in [6, 6.07) is 12.3. The highest BCUT2D eigenvalue weighted by Crippen LogP contribution is 2.24. The summed E-state index contributed by atoms with van der Waals surface area (Å²) >= 11 is 0. The monoisotopic (exact) mass is 384 g/mol. The number of hydrogen-bond donors (Lipinski definition) is 2. The first-order chi connectivity index (χ1) is 13.2. The third-order valence-electron chi connectivity index (χ3n) is 4.08. The van der Waals surface area contributed by atoms with Crippen LogP contribution in [0.4, 0.5) is 11.4 Å². The fraction of sp³-hybridized carbons (Fsp3) is 0.364. The molecule has 0 heterocycles. The lowest BCUT2D eigenvalue weighted by Gasteiger charge is -2.19. The van der Waals surface area contributed by atoms with Gasteiger partial charge in [0.25, 0.3) is 5.91 Å². The molecule has 0 saturated carbocycles. The van der Waals surface area contributed by atoms with Crippen molar-refractivity contribution in [1.82, 2.24) is 0 Å². The molecule has 28 heavy (non-hydrogen) atoms. The summed E-state index contributed by atoms with van der Waals surface area (Å²) in [7, 11) is 0. The number of anilines is 2. The second-order valence-corrected chi connectivity index (χ2v) is 7.55. The number of nitrogen functional groups attached to an aromatic ring is 1. The Kier molecular flexibility index (Phi) is 7.04. The van der Waals surface area contributed by atoms with Crippen molar-refractivity contribution in [3.8, 4) is 5.75 Å². The van der Waals surface area contributed by atoms with E-state index in [1.807, 2.05) is 31.2 Å². The Morgan fingerprint density at radius 1 is 1.07 bits per heavy atom. The normalized spacial score (nSPS) is 11.0. The van der Waals surface area contributed by atoms with Crippen molar-refractivity contribution in [1.29, 1.82) is 0 Å². The fourth-order valence-electron chi connectivity index (χ4n) is 2.46. The summed E-state index contributed by atoms with van der Waals surface area (Å²) in [6.45, 7) is 8.43. The van der Waals surface area contributed by atoms with E-state index in [-0.39, 0.29) is 23.7 Å². The Morgan fingerprint density at radius 2 is 1.75 bits per heavy atom. The molecule has 150 valence electrons. The van der Waals surface area contributed by atoms with Gasteiger partial charge in [0.1, 0.15) is 5.75 Å². The van der Waals surface area contributed by atoms with Gasteiger partial charge in [0.15, 0.2) is 6.61 Å². The highest BCUT2D eigenvalue weighted by molar-refractivity contribution is 5.92. The Morgan fingerprint density at radius 3 is 2.36 bits per heavy atom. The van der Waals surface area contributed by atoms with E-state index in [2.05, 4.69) is 26.1 Å². The topological polar surface area (TPSA) is 90.7 Å². The van der Waals surface area contributed by atoms with Crippen molar-refractivity contribution >= 4 is 23.3 Å². The van der Waals surface area contributed by atoms with Gasteiger partial charge in [-0.25, -0.2) is 4.79 Å². The fourth-order valence-corrected chi connectivity index (χ4v) is 2.46. The van der Waals surface area contributed by atoms with Gasteiger partial charge in [-0.2, -0.15) is 0 Å². The van der Waals surface area contributed by atoms with Crippen molar-refractivity contribution in [2.24, 2.45) is 0 Å². The van der Waals surface area contributed by atoms with E-state index in [4.69, 9.17) is 15.2 Å². The van der Waals surface area contributed by atoms with Crippen molar-refractivity contribution in [2.45, 2.75) is 39.5 Å². The molecule has 6 heteroatoms. The van der Waals surface area contributed by atoms with E-state index >= 15 is 0 Å². The van der Waals surface area contributed by atoms with Crippen molar-refractivity contribution < 1.29 is 19.1 Å². The molecule has 0 radical (unpaired) electrons. The van der Waals surface area contributed by atoms with Crippen LogP contribution >= 0.6 is 0 Å². The molecule has 2 rings (SSSR count). The zero-order valence-corrected chi connectivity index (χ0v) is 16.9. The molecule has 6 nitrogen and oxygen atoms in total. The number of amides is 1. The average molecular weight is 384 g/mol. The van der Waals surface area contributed by atoms with Crippen LogP contribution in [0.25, 0.3) is 0 Å². The Labute approximate surface area is 166 Å². The lowest BCUT2D eigenvalue weighted by Crippen LogP contribution is -2.21. The lowest BCUT2D eigenvalue weighted by molar-refractivity contribution is -0.118. The molecule has 0 saturated heterocycles. The van der Waals surface area contributed by atoms with Gasteiger partial charge < -0.3 is 20.5 Å². The second-order valence-electron chi connectivity index (χ2n) is 7.55. The number of hydrogen-bond acceptors (Lipinski definition) is 5. The van der Waals surface area contributed by atoms with Gasteiger partial charge in [-0.05, 0) is 47.7 Å². The van der Waals surface area contributed by atoms with Crippen LogP contribution in [0.15, 0.2) is 42.5 Å². The zero-order valence-electron chi connectivity index (χ0n) is 16.9. The third-order valence-corrected chi connectivity index (χ3v) is 4.08. The number of rotatable bonds is 7. The smallest absolute Gasteiger partial charge is 0.338 e. The molecule has 0 aliphatic heterocycles. The van der Waals surface area contributed by atoms with Gasteiger partial charge >= 0.3 is 5.97 Å². The summed E-state index contributed by atoms with van der Waals surface area (Å²) in [6.07, 6.45) is 0.737. The average Bonchev–Trinajstić information content (AvgIpc) is 2.65. The van der Waals surface area contributed by atoms with Gasteiger partial charge in [-0.1, -0.05) is 39.8 Å². The molecule has 0 aromatic heterocycles. The maximum absolute atomic E-state index is 12.2. The summed E-state index contributed by atoms with van der Waals surface area (Å²) in [5.41, 5.74) is 8.46. The van der Waals surface area contributed by atoms with Crippen LogP contribution in [0.3, 0.4) is 0 Å². The van der Waals surface area contributed by atoms with E-state index < -0.39 is 5.97 Å². The van der Waals surface area contributed by atoms with Crippen molar-refractivity contribution in [3.05, 3.63) is 53.6 Å². The molecule has 0 spiro atoms. The molecule has 0 bridgehead atoms. The summed E-state index contributed by atoms with van der Waals surface area (Å²) < 4.78 is 10.6. The van der Waals surface area contributed by atoms with Gasteiger partial charge in [-0.3, -0.25) is 4.79 Å². The summed E-state index contributed by atoms with van der Waals surface area (Å²) in [4.78, 5) is 24.1. The number of esters is 1. The second kappa shape index (κ2) is 9.26. The molecule has 3 N–H and O–H groups in total. The van der Waals surface area contributed by atoms with Gasteiger partial charge in [0.2, 0.25) is 0 Å². The lowest BCUT2D eigenvalue weighted by atomic mass is 9.87. The Balaban J connectivity index is 1.96. The highest BCUT2D eigenvalue weighted by atomic mass is 16.5. The van der Waals surface area contributed by atoms with Gasteiger partial charge in [0, 0.05) is 5.69 Å². The number of benzene rings is 2. The minimum Gasteiger partial charge on any atom is -0.482 e. The SMILES string of the molecule is CCCOC(=O)c1ccc(N)c(OCC(=O)Nc2ccc(C(C)(C)C)cc2)c1. The molecule has 2 aromatic carbocycles. The molecule has 1 amide bonds. The van der Waals surface area contributed by atoms with Crippen LogP contribution in [0, 0.1) is 0 Å². The van der Waals surface area contributed by atoms with Gasteiger partial charge in [-0.15, -0.1) is 0 Å². The Bertz CT molecular complexity index is 823. The predicted octanol–water partition coefficient (Wildman–Crippen LogP) is 4.15. The zero-order chi connectivity index (χ0) is 20.7. The molecular formula is C22H28N2O4. The van der Waals surface area contributed by atoms with E-state index in [0.717, 1.165) is 6.42 Å². The molecule has 0 unspecified atom stereocenters. The van der Waals surface area contributed by atoms with Crippen molar-refractivity contribution in [3.63, 3.8) is 0 Å². The maximum Gasteiger partial charge on any atom is 0.338 e. The predicted molar refractivity (Wildman–Crippen MR) is 111 cm³/mol. The first-order valence-electron chi connectivity index (χ1n) is 9.30. The molecule has 0 fully saturated rings.